The van der Waals surface area contributed by atoms with Gasteiger partial charge in [-0.3, -0.25) is 9.59 Å². The van der Waals surface area contributed by atoms with E-state index in [-0.39, 0.29) is 37.3 Å². The van der Waals surface area contributed by atoms with Gasteiger partial charge in [-0.25, -0.2) is 0 Å². The molecular formula is C14H20Cl3N3O3. The maximum atomic E-state index is 11.9. The Bertz CT molecular complexity index is 529. The molecule has 0 heterocycles. The fraction of sp³-hybridized carbons (Fsp3) is 0.429. The number of amides is 2. The molecule has 9 heteroatoms. The Hall–Kier alpha value is -1.05. The predicted octanol–water partition coefficient (Wildman–Crippen LogP) is 2.05. The summed E-state index contributed by atoms with van der Waals surface area (Å²) in [4.78, 5) is 25.0. The van der Waals surface area contributed by atoms with Gasteiger partial charge in [-0.05, 0) is 18.2 Å². The number of anilines is 1. The summed E-state index contributed by atoms with van der Waals surface area (Å²) in [7, 11) is 3.15. The van der Waals surface area contributed by atoms with Crippen LogP contribution in [0.4, 0.5) is 5.69 Å². The number of halogens is 3. The maximum absolute atomic E-state index is 11.9. The summed E-state index contributed by atoms with van der Waals surface area (Å²) in [5.74, 6) is -0.494. The van der Waals surface area contributed by atoms with Crippen molar-refractivity contribution in [2.45, 2.75) is 0 Å². The van der Waals surface area contributed by atoms with Crippen LogP contribution in [0.15, 0.2) is 18.2 Å². The molecule has 0 saturated heterocycles. The summed E-state index contributed by atoms with van der Waals surface area (Å²) < 4.78 is 4.86. The van der Waals surface area contributed by atoms with Crippen molar-refractivity contribution in [3.8, 4) is 0 Å². The van der Waals surface area contributed by atoms with Crippen LogP contribution in [0.1, 0.15) is 0 Å². The van der Waals surface area contributed by atoms with Crippen LogP contribution in [-0.4, -0.2) is 57.1 Å². The van der Waals surface area contributed by atoms with Crippen LogP contribution in [0, 0.1) is 0 Å². The molecule has 1 aromatic rings. The molecule has 6 nitrogen and oxygen atoms in total. The molecule has 0 radical (unpaired) electrons. The summed E-state index contributed by atoms with van der Waals surface area (Å²) in [5, 5.41) is 6.34. The van der Waals surface area contributed by atoms with Gasteiger partial charge in [0.2, 0.25) is 11.8 Å². The largest absolute Gasteiger partial charge is 0.383 e. The van der Waals surface area contributed by atoms with Crippen LogP contribution in [0.5, 0.6) is 0 Å². The molecule has 0 unspecified atom stereocenters. The average molecular weight is 385 g/mol. The number of hydrogen-bond donors (Lipinski definition) is 2. The van der Waals surface area contributed by atoms with E-state index in [1.807, 2.05) is 0 Å². The van der Waals surface area contributed by atoms with Gasteiger partial charge in [0.05, 0.1) is 29.7 Å². The van der Waals surface area contributed by atoms with Gasteiger partial charge >= 0.3 is 0 Å². The predicted molar refractivity (Wildman–Crippen MR) is 94.7 cm³/mol. The first-order chi connectivity index (χ1) is 10.4. The first-order valence-corrected chi connectivity index (χ1v) is 7.38. The van der Waals surface area contributed by atoms with E-state index < -0.39 is 0 Å². The molecule has 0 aliphatic rings. The molecule has 130 valence electrons. The third-order valence-corrected chi connectivity index (χ3v) is 3.51. The quantitative estimate of drug-likeness (QED) is 0.673. The number of nitrogens with one attached hydrogen (secondary N) is 2. The standard InChI is InChI=1S/C14H19Cl2N3O3.ClH/c1-19(14(21)8-17-5-6-22-2)9-13(20)18-10-3-4-11(15)12(16)7-10;/h3-4,7,17H,5-6,8-9H2,1-2H3,(H,18,20);1H. The lowest BCUT2D eigenvalue weighted by molar-refractivity contribution is -0.132. The average Bonchev–Trinajstić information content (AvgIpc) is 2.47. The number of likely N-dealkylation sites (N-methyl/N-ethyl adjacent to an activating group) is 1. The molecule has 1 aromatic carbocycles. The molecule has 2 amide bonds. The number of benzene rings is 1. The lowest BCUT2D eigenvalue weighted by Crippen LogP contribution is -2.40. The van der Waals surface area contributed by atoms with Crippen LogP contribution >= 0.6 is 35.6 Å². The van der Waals surface area contributed by atoms with Crippen molar-refractivity contribution in [2.24, 2.45) is 0 Å². The van der Waals surface area contributed by atoms with E-state index in [9.17, 15) is 9.59 Å². The fourth-order valence-electron chi connectivity index (χ4n) is 1.58. The van der Waals surface area contributed by atoms with Crippen LogP contribution in [-0.2, 0) is 14.3 Å². The van der Waals surface area contributed by atoms with Gasteiger partial charge in [-0.2, -0.15) is 0 Å². The van der Waals surface area contributed by atoms with Gasteiger partial charge in [0.15, 0.2) is 0 Å². The SMILES string of the molecule is COCCNCC(=O)N(C)CC(=O)Nc1ccc(Cl)c(Cl)c1.Cl. The Kier molecular flexibility index (Phi) is 11.0. The maximum Gasteiger partial charge on any atom is 0.243 e. The van der Waals surface area contributed by atoms with Crippen molar-refractivity contribution in [2.75, 3.05) is 45.7 Å². The molecule has 0 bridgehead atoms. The second-order valence-corrected chi connectivity index (χ2v) is 5.41. The normalized spacial score (nSPS) is 9.91. The van der Waals surface area contributed by atoms with Gasteiger partial charge in [0.25, 0.3) is 0 Å². The lowest BCUT2D eigenvalue weighted by atomic mass is 10.3. The van der Waals surface area contributed by atoms with Gasteiger partial charge in [-0.1, -0.05) is 23.2 Å². The zero-order chi connectivity index (χ0) is 16.5. The Labute approximate surface area is 151 Å². The Balaban J connectivity index is 0.00000484. The van der Waals surface area contributed by atoms with Crippen LogP contribution in [0.3, 0.4) is 0 Å². The van der Waals surface area contributed by atoms with Crippen molar-refractivity contribution in [3.05, 3.63) is 28.2 Å². The second-order valence-electron chi connectivity index (χ2n) is 4.60. The minimum Gasteiger partial charge on any atom is -0.383 e. The summed E-state index contributed by atoms with van der Waals surface area (Å²) in [6, 6.07) is 4.78. The Morgan fingerprint density at radius 3 is 2.57 bits per heavy atom. The molecular weight excluding hydrogens is 365 g/mol. The summed E-state index contributed by atoms with van der Waals surface area (Å²) in [6.45, 7) is 1.20. The van der Waals surface area contributed by atoms with Crippen LogP contribution in [0.2, 0.25) is 10.0 Å². The third kappa shape index (κ3) is 8.39. The summed E-state index contributed by atoms with van der Waals surface area (Å²) in [6.07, 6.45) is 0. The van der Waals surface area contributed by atoms with Crippen LogP contribution < -0.4 is 10.6 Å². The Morgan fingerprint density at radius 1 is 1.26 bits per heavy atom. The highest BCUT2D eigenvalue weighted by molar-refractivity contribution is 6.42. The van der Waals surface area contributed by atoms with Crippen molar-refractivity contribution in [1.82, 2.24) is 10.2 Å². The molecule has 0 aliphatic heterocycles. The van der Waals surface area contributed by atoms with Crippen molar-refractivity contribution in [1.29, 1.82) is 0 Å². The molecule has 0 aromatic heterocycles. The van der Waals surface area contributed by atoms with E-state index in [1.54, 1.807) is 32.4 Å². The number of carbonyl (C=O) groups is 2. The number of methoxy groups -OCH3 is 1. The van der Waals surface area contributed by atoms with Crippen molar-refractivity contribution >= 4 is 53.1 Å². The van der Waals surface area contributed by atoms with E-state index in [4.69, 9.17) is 27.9 Å². The molecule has 0 aliphatic carbocycles. The zero-order valence-corrected chi connectivity index (χ0v) is 15.2. The van der Waals surface area contributed by atoms with E-state index in [1.165, 1.54) is 4.90 Å². The zero-order valence-electron chi connectivity index (χ0n) is 12.9. The van der Waals surface area contributed by atoms with E-state index in [0.717, 1.165) is 0 Å². The fourth-order valence-corrected chi connectivity index (χ4v) is 1.88. The molecule has 0 spiro atoms. The lowest BCUT2D eigenvalue weighted by Gasteiger charge is -2.17. The first kappa shape index (κ1) is 21.9. The second kappa shape index (κ2) is 11.5. The highest BCUT2D eigenvalue weighted by atomic mass is 35.5. The molecule has 1 rings (SSSR count). The monoisotopic (exact) mass is 383 g/mol. The number of hydrogen-bond acceptors (Lipinski definition) is 4. The first-order valence-electron chi connectivity index (χ1n) is 6.62. The van der Waals surface area contributed by atoms with Crippen LogP contribution in [0.25, 0.3) is 0 Å². The summed E-state index contributed by atoms with van der Waals surface area (Å²) >= 11 is 11.7. The minimum atomic E-state index is -0.314. The van der Waals surface area contributed by atoms with Crippen molar-refractivity contribution < 1.29 is 14.3 Å². The topological polar surface area (TPSA) is 70.7 Å². The molecule has 2 N–H and O–H groups in total. The number of rotatable bonds is 8. The van der Waals surface area contributed by atoms with E-state index in [0.29, 0.717) is 28.9 Å². The van der Waals surface area contributed by atoms with E-state index in [2.05, 4.69) is 10.6 Å². The number of carbonyl (C=O) groups excluding carboxylic acids is 2. The number of nitrogens with zero attached hydrogens (tertiary/aromatic N) is 1. The van der Waals surface area contributed by atoms with Gasteiger partial charge < -0.3 is 20.3 Å². The number of ether oxygens (including phenoxy) is 1. The van der Waals surface area contributed by atoms with Crippen molar-refractivity contribution in [3.63, 3.8) is 0 Å². The Morgan fingerprint density at radius 2 is 1.96 bits per heavy atom. The third-order valence-electron chi connectivity index (χ3n) is 2.77. The molecule has 23 heavy (non-hydrogen) atoms. The highest BCUT2D eigenvalue weighted by Crippen LogP contribution is 2.24. The smallest absolute Gasteiger partial charge is 0.243 e. The van der Waals surface area contributed by atoms with Gasteiger partial charge in [0.1, 0.15) is 0 Å². The molecule has 0 atom stereocenters. The van der Waals surface area contributed by atoms with Gasteiger partial charge in [-0.15, -0.1) is 12.4 Å². The minimum absolute atomic E-state index is 0. The molecule has 0 fully saturated rings. The molecule has 0 saturated carbocycles. The van der Waals surface area contributed by atoms with E-state index >= 15 is 0 Å². The van der Waals surface area contributed by atoms with Gasteiger partial charge in [0, 0.05) is 26.4 Å². The highest BCUT2D eigenvalue weighted by Gasteiger charge is 2.13. The summed E-state index contributed by atoms with van der Waals surface area (Å²) in [5.41, 5.74) is 0.526.